The molecule has 176 valence electrons. The highest BCUT2D eigenvalue weighted by molar-refractivity contribution is 6.51. The van der Waals surface area contributed by atoms with Gasteiger partial charge < -0.3 is 14.6 Å². The minimum absolute atomic E-state index is 0.108. The van der Waals surface area contributed by atoms with Gasteiger partial charge in [0.05, 0.1) is 41.7 Å². The monoisotopic (exact) mass is 469 g/mol. The maximum Gasteiger partial charge on any atom is 0.300 e. The average molecular weight is 469 g/mol. The van der Waals surface area contributed by atoms with Crippen molar-refractivity contribution in [3.63, 3.8) is 0 Å². The van der Waals surface area contributed by atoms with E-state index in [2.05, 4.69) is 4.98 Å². The summed E-state index contributed by atoms with van der Waals surface area (Å²) in [5.74, 6) is -1.16. The Bertz CT molecular complexity index is 1330. The number of anilines is 1. The minimum atomic E-state index is -0.981. The second-order valence-electron chi connectivity index (χ2n) is 7.61. The molecule has 0 bridgehead atoms. The number of amides is 1. The molecular weight excluding hydrogens is 446 g/mol. The average Bonchev–Trinajstić information content (AvgIpc) is 3.15. The Labute approximate surface area is 202 Å². The number of nitrogens with zero attached hydrogens (tertiary/aromatic N) is 3. The van der Waals surface area contributed by atoms with E-state index in [0.29, 0.717) is 41.7 Å². The van der Waals surface area contributed by atoms with Crippen molar-refractivity contribution in [1.82, 2.24) is 4.98 Å². The third-order valence-electron chi connectivity index (χ3n) is 5.51. The van der Waals surface area contributed by atoms with Crippen molar-refractivity contribution in [3.8, 4) is 17.6 Å². The third-order valence-corrected chi connectivity index (χ3v) is 5.51. The highest BCUT2D eigenvalue weighted by Gasteiger charge is 2.47. The van der Waals surface area contributed by atoms with Crippen LogP contribution >= 0.6 is 0 Å². The van der Waals surface area contributed by atoms with Crippen LogP contribution in [0.2, 0.25) is 0 Å². The van der Waals surface area contributed by atoms with E-state index in [9.17, 15) is 14.7 Å². The van der Waals surface area contributed by atoms with Gasteiger partial charge in [-0.3, -0.25) is 19.5 Å². The number of aliphatic hydroxyl groups is 1. The van der Waals surface area contributed by atoms with Crippen molar-refractivity contribution in [2.75, 3.05) is 18.1 Å². The van der Waals surface area contributed by atoms with Gasteiger partial charge in [0.1, 0.15) is 23.3 Å². The Hall–Kier alpha value is -4.64. The van der Waals surface area contributed by atoms with Gasteiger partial charge in [0.15, 0.2) is 0 Å². The lowest BCUT2D eigenvalue weighted by Crippen LogP contribution is -2.29. The molecule has 0 spiro atoms. The van der Waals surface area contributed by atoms with Crippen LogP contribution in [0.1, 0.15) is 36.7 Å². The molecule has 1 aliphatic rings. The fourth-order valence-electron chi connectivity index (χ4n) is 3.99. The van der Waals surface area contributed by atoms with Gasteiger partial charge in [0.25, 0.3) is 11.7 Å². The Morgan fingerprint density at radius 3 is 2.43 bits per heavy atom. The van der Waals surface area contributed by atoms with Gasteiger partial charge >= 0.3 is 0 Å². The summed E-state index contributed by atoms with van der Waals surface area (Å²) in [6.45, 7) is 4.42. The van der Waals surface area contributed by atoms with Crippen molar-refractivity contribution in [2.24, 2.45) is 0 Å². The molecule has 1 fully saturated rings. The fraction of sp³-hybridized carbons (Fsp3) is 0.185. The molecule has 0 radical (unpaired) electrons. The van der Waals surface area contributed by atoms with Crippen LogP contribution in [0.4, 0.5) is 5.69 Å². The maximum atomic E-state index is 13.3. The largest absolute Gasteiger partial charge is 0.507 e. The van der Waals surface area contributed by atoms with Gasteiger partial charge in [0.2, 0.25) is 0 Å². The summed E-state index contributed by atoms with van der Waals surface area (Å²) >= 11 is 0. The molecule has 4 rings (SSSR count). The molecule has 2 aromatic carbocycles. The first kappa shape index (κ1) is 23.5. The summed E-state index contributed by atoms with van der Waals surface area (Å²) in [6.07, 6.45) is 1.55. The predicted octanol–water partition coefficient (Wildman–Crippen LogP) is 4.38. The number of hydrogen-bond donors (Lipinski definition) is 1. The van der Waals surface area contributed by atoms with Crippen LogP contribution < -0.4 is 14.4 Å². The molecule has 1 N–H and O–H groups in total. The highest BCUT2D eigenvalue weighted by Crippen LogP contribution is 2.43. The lowest BCUT2D eigenvalue weighted by Gasteiger charge is -2.24. The number of aliphatic hydroxyl groups excluding tert-OH is 1. The normalized spacial score (nSPS) is 16.7. The minimum Gasteiger partial charge on any atom is -0.507 e. The first-order valence-corrected chi connectivity index (χ1v) is 11.1. The molecule has 1 amide bonds. The Morgan fingerprint density at radius 1 is 1.06 bits per heavy atom. The second kappa shape index (κ2) is 10.1. The van der Waals surface area contributed by atoms with Crippen LogP contribution in [0.5, 0.6) is 11.5 Å². The van der Waals surface area contributed by atoms with E-state index < -0.39 is 17.7 Å². The highest BCUT2D eigenvalue weighted by atomic mass is 16.5. The Morgan fingerprint density at radius 2 is 1.80 bits per heavy atom. The van der Waals surface area contributed by atoms with E-state index in [1.807, 2.05) is 13.0 Å². The number of carbonyl (C=O) groups excluding carboxylic acids is 2. The van der Waals surface area contributed by atoms with Crippen LogP contribution in [-0.2, 0) is 9.59 Å². The molecule has 0 aliphatic carbocycles. The smallest absolute Gasteiger partial charge is 0.300 e. The predicted molar refractivity (Wildman–Crippen MR) is 129 cm³/mol. The molecule has 1 saturated heterocycles. The summed E-state index contributed by atoms with van der Waals surface area (Å²) in [4.78, 5) is 32.2. The molecule has 1 aromatic heterocycles. The van der Waals surface area contributed by atoms with Crippen molar-refractivity contribution in [2.45, 2.75) is 19.9 Å². The summed E-state index contributed by atoms with van der Waals surface area (Å²) in [5, 5.41) is 20.5. The molecule has 1 unspecified atom stereocenters. The molecule has 35 heavy (non-hydrogen) atoms. The van der Waals surface area contributed by atoms with E-state index in [0.717, 1.165) is 0 Å². The van der Waals surface area contributed by atoms with Gasteiger partial charge in [-0.15, -0.1) is 0 Å². The van der Waals surface area contributed by atoms with E-state index >= 15 is 0 Å². The zero-order valence-electron chi connectivity index (χ0n) is 19.3. The summed E-state index contributed by atoms with van der Waals surface area (Å²) < 4.78 is 11.3. The molecule has 1 atom stereocenters. The van der Waals surface area contributed by atoms with Gasteiger partial charge in [-0.25, -0.2) is 0 Å². The summed E-state index contributed by atoms with van der Waals surface area (Å²) in [7, 11) is 0. The van der Waals surface area contributed by atoms with E-state index in [4.69, 9.17) is 14.7 Å². The van der Waals surface area contributed by atoms with Crippen LogP contribution in [0, 0.1) is 11.3 Å². The van der Waals surface area contributed by atoms with Crippen molar-refractivity contribution in [1.29, 1.82) is 5.26 Å². The molecule has 8 nitrogen and oxygen atoms in total. The van der Waals surface area contributed by atoms with Crippen LogP contribution in [-0.4, -0.2) is 35.0 Å². The summed E-state index contributed by atoms with van der Waals surface area (Å²) in [5.41, 5.74) is 1.37. The molecule has 8 heteroatoms. The van der Waals surface area contributed by atoms with Crippen molar-refractivity contribution in [3.05, 3.63) is 89.3 Å². The number of Topliss-reactive ketones (excluding diaryl/α,β-unsaturated/α-hetero) is 1. The topological polar surface area (TPSA) is 113 Å². The third kappa shape index (κ3) is 4.44. The fourth-order valence-corrected chi connectivity index (χ4v) is 3.99. The number of aromatic nitrogens is 1. The first-order chi connectivity index (χ1) is 17.0. The Balaban J connectivity index is 1.92. The van der Waals surface area contributed by atoms with Crippen molar-refractivity contribution < 1.29 is 24.2 Å². The number of pyridine rings is 1. The zero-order chi connectivity index (χ0) is 24.9. The van der Waals surface area contributed by atoms with Gasteiger partial charge in [-0.2, -0.15) is 5.26 Å². The van der Waals surface area contributed by atoms with E-state index in [-0.39, 0.29) is 16.9 Å². The number of nitriles is 1. The maximum absolute atomic E-state index is 13.3. The van der Waals surface area contributed by atoms with Gasteiger partial charge in [0, 0.05) is 18.0 Å². The molecule has 3 aromatic rings. The number of ketones is 1. The van der Waals surface area contributed by atoms with Gasteiger partial charge in [-0.05, 0) is 62.4 Å². The molecule has 1 aliphatic heterocycles. The number of benzene rings is 2. The zero-order valence-corrected chi connectivity index (χ0v) is 19.3. The second-order valence-corrected chi connectivity index (χ2v) is 7.61. The Kier molecular flexibility index (Phi) is 6.78. The summed E-state index contributed by atoms with van der Waals surface area (Å²) in [6, 6.07) is 17.4. The lowest BCUT2D eigenvalue weighted by molar-refractivity contribution is -0.132. The van der Waals surface area contributed by atoms with E-state index in [1.165, 1.54) is 4.90 Å². The van der Waals surface area contributed by atoms with Gasteiger partial charge in [-0.1, -0.05) is 6.07 Å². The SMILES string of the molecule is CCOc1ccc(/C(O)=C2/C(=O)C(=O)N(c3ccc(C#N)cc3)C2c2ccccn2)c(OCC)c1. The standard InChI is InChI=1S/C27H23N3O5/c1-3-34-19-12-13-20(22(15-19)35-4-2)25(31)23-24(21-7-5-6-14-29-21)30(27(33)26(23)32)18-10-8-17(16-28)9-11-18/h5-15,24,31H,3-4H2,1-2H3/b25-23-. The van der Waals surface area contributed by atoms with Crippen molar-refractivity contribution >= 4 is 23.1 Å². The van der Waals surface area contributed by atoms with Crippen LogP contribution in [0.25, 0.3) is 5.76 Å². The van der Waals surface area contributed by atoms with Crippen LogP contribution in [0.15, 0.2) is 72.4 Å². The number of ether oxygens (including phenoxy) is 2. The number of hydrogen-bond acceptors (Lipinski definition) is 7. The number of rotatable bonds is 7. The quantitative estimate of drug-likeness (QED) is 0.310. The molecule has 2 heterocycles. The van der Waals surface area contributed by atoms with E-state index in [1.54, 1.807) is 73.8 Å². The molecule has 0 saturated carbocycles. The number of carbonyl (C=O) groups is 2. The first-order valence-electron chi connectivity index (χ1n) is 11.1. The molecular formula is C27H23N3O5. The van der Waals surface area contributed by atoms with Crippen LogP contribution in [0.3, 0.4) is 0 Å². The lowest BCUT2D eigenvalue weighted by atomic mass is 9.97.